The van der Waals surface area contributed by atoms with E-state index in [1.54, 1.807) is 18.2 Å². The molecule has 0 bridgehead atoms. The summed E-state index contributed by atoms with van der Waals surface area (Å²) < 4.78 is 0.681. The standard InChI is InChI=1S/C12H14BrClN2O/c1-15(2)8-6-16(7-8)12(17)9-4-3-5-10(14)11(9)13/h3-5,8H,6-7H2,1-2H3. The van der Waals surface area contributed by atoms with Crippen molar-refractivity contribution in [3.8, 4) is 0 Å². The summed E-state index contributed by atoms with van der Waals surface area (Å²) in [5, 5.41) is 0.570. The Hall–Kier alpha value is -0.580. The Morgan fingerprint density at radius 3 is 2.71 bits per heavy atom. The number of hydrogen-bond donors (Lipinski definition) is 0. The molecule has 0 spiro atoms. The van der Waals surface area contributed by atoms with Crippen molar-refractivity contribution < 1.29 is 4.79 Å². The Kier molecular flexibility index (Phi) is 3.76. The molecule has 1 aromatic carbocycles. The first kappa shape index (κ1) is 12.9. The van der Waals surface area contributed by atoms with Gasteiger partial charge in [0, 0.05) is 23.6 Å². The zero-order chi connectivity index (χ0) is 12.6. The molecule has 1 aliphatic rings. The highest BCUT2D eigenvalue weighted by Crippen LogP contribution is 2.28. The summed E-state index contributed by atoms with van der Waals surface area (Å²) in [6.45, 7) is 1.57. The van der Waals surface area contributed by atoms with E-state index in [0.29, 0.717) is 21.1 Å². The van der Waals surface area contributed by atoms with Gasteiger partial charge in [-0.2, -0.15) is 0 Å². The summed E-state index contributed by atoms with van der Waals surface area (Å²) in [5.41, 5.74) is 0.634. The van der Waals surface area contributed by atoms with Crippen molar-refractivity contribution in [2.24, 2.45) is 0 Å². The van der Waals surface area contributed by atoms with Gasteiger partial charge in [0.25, 0.3) is 5.91 Å². The maximum Gasteiger partial charge on any atom is 0.255 e. The number of carbonyl (C=O) groups is 1. The van der Waals surface area contributed by atoms with E-state index in [9.17, 15) is 4.79 Å². The molecule has 1 fully saturated rings. The summed E-state index contributed by atoms with van der Waals surface area (Å²) in [6.07, 6.45) is 0. The van der Waals surface area contributed by atoms with E-state index in [1.807, 2.05) is 19.0 Å². The van der Waals surface area contributed by atoms with Crippen molar-refractivity contribution in [3.63, 3.8) is 0 Å². The van der Waals surface area contributed by atoms with Crippen LogP contribution in [0.2, 0.25) is 5.02 Å². The van der Waals surface area contributed by atoms with E-state index in [1.165, 1.54) is 0 Å². The third-order valence-electron chi connectivity index (χ3n) is 3.06. The second kappa shape index (κ2) is 4.96. The van der Waals surface area contributed by atoms with E-state index >= 15 is 0 Å². The SMILES string of the molecule is CN(C)C1CN(C(=O)c2cccc(Cl)c2Br)C1. The molecule has 2 rings (SSSR count). The van der Waals surface area contributed by atoms with E-state index in [0.717, 1.165) is 13.1 Å². The summed E-state index contributed by atoms with van der Waals surface area (Å²) in [5.74, 6) is 0.0393. The number of hydrogen-bond acceptors (Lipinski definition) is 2. The van der Waals surface area contributed by atoms with Gasteiger partial charge in [-0.3, -0.25) is 4.79 Å². The molecule has 0 aromatic heterocycles. The van der Waals surface area contributed by atoms with Gasteiger partial charge in [0.05, 0.1) is 10.6 Å². The summed E-state index contributed by atoms with van der Waals surface area (Å²) in [7, 11) is 4.06. The smallest absolute Gasteiger partial charge is 0.255 e. The quantitative estimate of drug-likeness (QED) is 0.837. The zero-order valence-electron chi connectivity index (χ0n) is 9.78. The van der Waals surface area contributed by atoms with Crippen LogP contribution in [-0.2, 0) is 0 Å². The maximum atomic E-state index is 12.2. The number of benzene rings is 1. The number of nitrogens with zero attached hydrogens (tertiary/aromatic N) is 2. The highest BCUT2D eigenvalue weighted by Gasteiger charge is 2.33. The third kappa shape index (κ3) is 2.49. The number of halogens is 2. The van der Waals surface area contributed by atoms with Crippen LogP contribution in [-0.4, -0.2) is 48.9 Å². The fourth-order valence-electron chi connectivity index (χ4n) is 1.79. The van der Waals surface area contributed by atoms with Crippen molar-refractivity contribution >= 4 is 33.4 Å². The highest BCUT2D eigenvalue weighted by atomic mass is 79.9. The predicted molar refractivity (Wildman–Crippen MR) is 72.5 cm³/mol. The summed E-state index contributed by atoms with van der Waals surface area (Å²) >= 11 is 9.33. The van der Waals surface area contributed by atoms with Gasteiger partial charge >= 0.3 is 0 Å². The molecule has 3 nitrogen and oxygen atoms in total. The second-order valence-electron chi connectivity index (χ2n) is 4.43. The van der Waals surface area contributed by atoms with Crippen molar-refractivity contribution in [2.75, 3.05) is 27.2 Å². The van der Waals surface area contributed by atoms with E-state index < -0.39 is 0 Å². The molecule has 1 aliphatic heterocycles. The van der Waals surface area contributed by atoms with Crippen molar-refractivity contribution in [1.29, 1.82) is 0 Å². The van der Waals surface area contributed by atoms with Crippen LogP contribution < -0.4 is 0 Å². The average Bonchev–Trinajstić information content (AvgIpc) is 2.19. The first-order chi connectivity index (χ1) is 8.00. The van der Waals surface area contributed by atoms with Crippen molar-refractivity contribution in [2.45, 2.75) is 6.04 Å². The van der Waals surface area contributed by atoms with Gasteiger partial charge in [0.15, 0.2) is 0 Å². The van der Waals surface area contributed by atoms with Gasteiger partial charge in [-0.25, -0.2) is 0 Å². The van der Waals surface area contributed by atoms with Crippen LogP contribution >= 0.6 is 27.5 Å². The number of likely N-dealkylation sites (tertiary alicyclic amines) is 1. The maximum absolute atomic E-state index is 12.2. The molecule has 0 N–H and O–H groups in total. The zero-order valence-corrected chi connectivity index (χ0v) is 12.1. The van der Waals surface area contributed by atoms with Gasteiger partial charge in [0.2, 0.25) is 0 Å². The number of amides is 1. The predicted octanol–water partition coefficient (Wildman–Crippen LogP) is 2.49. The Labute approximate surface area is 114 Å². The number of likely N-dealkylation sites (N-methyl/N-ethyl adjacent to an activating group) is 1. The number of rotatable bonds is 2. The van der Waals surface area contributed by atoms with Crippen molar-refractivity contribution in [1.82, 2.24) is 9.80 Å². The molecule has 0 aliphatic carbocycles. The van der Waals surface area contributed by atoms with Crippen LogP contribution in [0.1, 0.15) is 10.4 Å². The number of carbonyl (C=O) groups excluding carboxylic acids is 1. The van der Waals surface area contributed by atoms with E-state index in [2.05, 4.69) is 20.8 Å². The van der Waals surface area contributed by atoms with Gasteiger partial charge in [-0.05, 0) is 42.2 Å². The molecule has 0 saturated carbocycles. The van der Waals surface area contributed by atoms with Gasteiger partial charge in [-0.1, -0.05) is 17.7 Å². The lowest BCUT2D eigenvalue weighted by Crippen LogP contribution is -2.59. The van der Waals surface area contributed by atoms with Crippen LogP contribution in [0.4, 0.5) is 0 Å². The molecular formula is C12H14BrClN2O. The lowest BCUT2D eigenvalue weighted by atomic mass is 10.1. The minimum Gasteiger partial charge on any atom is -0.335 e. The monoisotopic (exact) mass is 316 g/mol. The fourth-order valence-corrected chi connectivity index (χ4v) is 2.40. The molecule has 92 valence electrons. The highest BCUT2D eigenvalue weighted by molar-refractivity contribution is 9.10. The Bertz CT molecular complexity index is 444. The topological polar surface area (TPSA) is 23.6 Å². The first-order valence-electron chi connectivity index (χ1n) is 5.40. The molecule has 1 saturated heterocycles. The molecule has 1 aromatic rings. The van der Waals surface area contributed by atoms with Crippen LogP contribution in [0.3, 0.4) is 0 Å². The Balaban J connectivity index is 2.09. The van der Waals surface area contributed by atoms with Gasteiger partial charge < -0.3 is 9.80 Å². The lowest BCUT2D eigenvalue weighted by molar-refractivity contribution is 0.0398. The molecule has 0 atom stereocenters. The molecule has 1 heterocycles. The van der Waals surface area contributed by atoms with E-state index in [4.69, 9.17) is 11.6 Å². The fraction of sp³-hybridized carbons (Fsp3) is 0.417. The Morgan fingerprint density at radius 2 is 2.12 bits per heavy atom. The third-order valence-corrected chi connectivity index (χ3v) is 4.46. The molecular weight excluding hydrogens is 304 g/mol. The average molecular weight is 318 g/mol. The van der Waals surface area contributed by atoms with Gasteiger partial charge in [-0.15, -0.1) is 0 Å². The summed E-state index contributed by atoms with van der Waals surface area (Å²) in [6, 6.07) is 5.82. The first-order valence-corrected chi connectivity index (χ1v) is 6.57. The minimum atomic E-state index is 0.0393. The molecule has 1 amide bonds. The van der Waals surface area contributed by atoms with Crippen molar-refractivity contribution in [3.05, 3.63) is 33.3 Å². The second-order valence-corrected chi connectivity index (χ2v) is 5.63. The van der Waals surface area contributed by atoms with Crippen LogP contribution in [0, 0.1) is 0 Å². The normalized spacial score (nSPS) is 16.2. The Morgan fingerprint density at radius 1 is 1.47 bits per heavy atom. The van der Waals surface area contributed by atoms with Gasteiger partial charge in [0.1, 0.15) is 0 Å². The molecule has 5 heteroatoms. The largest absolute Gasteiger partial charge is 0.335 e. The molecule has 0 unspecified atom stereocenters. The van der Waals surface area contributed by atoms with E-state index in [-0.39, 0.29) is 5.91 Å². The van der Waals surface area contributed by atoms with Crippen LogP contribution in [0.25, 0.3) is 0 Å². The minimum absolute atomic E-state index is 0.0393. The van der Waals surface area contributed by atoms with Crippen LogP contribution in [0.15, 0.2) is 22.7 Å². The summed E-state index contributed by atoms with van der Waals surface area (Å²) in [4.78, 5) is 16.2. The molecule has 0 radical (unpaired) electrons. The lowest BCUT2D eigenvalue weighted by Gasteiger charge is -2.42. The van der Waals surface area contributed by atoms with Crippen LogP contribution in [0.5, 0.6) is 0 Å². The molecule has 17 heavy (non-hydrogen) atoms.